The summed E-state index contributed by atoms with van der Waals surface area (Å²) in [6.45, 7) is 5.83. The third-order valence-electron chi connectivity index (χ3n) is 13.1. The molecule has 0 radical (unpaired) electrons. The van der Waals surface area contributed by atoms with Gasteiger partial charge in [0.2, 0.25) is 5.91 Å². The topological polar surface area (TPSA) is 314 Å². The molecule has 77 heavy (non-hydrogen) atoms. The number of aromatic nitrogens is 7. The summed E-state index contributed by atoms with van der Waals surface area (Å²) in [5.74, 6) is -3.67. The number of primary amides is 1. The van der Waals surface area contributed by atoms with Gasteiger partial charge in [-0.05, 0) is 24.6 Å². The zero-order chi connectivity index (χ0) is 53.6. The van der Waals surface area contributed by atoms with Gasteiger partial charge in [-0.1, -0.05) is 37.3 Å². The number of imide groups is 1. The first kappa shape index (κ1) is 51.9. The van der Waals surface area contributed by atoms with E-state index in [0.717, 1.165) is 22.7 Å². The highest BCUT2D eigenvalue weighted by molar-refractivity contribution is 7.15. The predicted octanol–water partition coefficient (Wildman–Crippen LogP) is 5.61. The maximum Gasteiger partial charge on any atom is 0.325 e. The van der Waals surface area contributed by atoms with Crippen LogP contribution in [0, 0.1) is 12.8 Å². The van der Waals surface area contributed by atoms with Gasteiger partial charge in [-0.2, -0.15) is 0 Å². The molecule has 0 saturated carbocycles. The summed E-state index contributed by atoms with van der Waals surface area (Å²) in [5, 5.41) is 44.8. The average molecular weight is 1150 g/mol. The lowest BCUT2D eigenvalue weighted by Gasteiger charge is -2.26. The Balaban J connectivity index is 0.986. The average Bonchev–Trinajstić information content (AvgIpc) is 4.34. The third-order valence-corrected chi connectivity index (χ3v) is 18.6. The number of piperazine rings is 1. The van der Waals surface area contributed by atoms with Crippen LogP contribution in [-0.4, -0.2) is 129 Å². The molecule has 0 spiro atoms. The first-order valence-electron chi connectivity index (χ1n) is 23.9. The summed E-state index contributed by atoms with van der Waals surface area (Å²) >= 11 is 7.04. The van der Waals surface area contributed by atoms with Crippen LogP contribution in [0.4, 0.5) is 4.79 Å². The van der Waals surface area contributed by atoms with E-state index in [1.54, 1.807) is 77.4 Å². The molecule has 8 N–H and O–H groups in total. The monoisotopic (exact) mass is 1150 g/mol. The molecule has 2 saturated heterocycles. The van der Waals surface area contributed by atoms with Crippen LogP contribution in [0.2, 0.25) is 0 Å². The summed E-state index contributed by atoms with van der Waals surface area (Å²) in [6.07, 6.45) is -2.71. The Labute approximate surface area is 461 Å². The molecular weight excluding hydrogens is 1110 g/mol. The minimum Gasteiger partial charge on any atom is -0.391 e. The summed E-state index contributed by atoms with van der Waals surface area (Å²) in [6, 6.07) is 8.22. The van der Waals surface area contributed by atoms with Crippen molar-refractivity contribution in [3.8, 4) is 43.4 Å². The van der Waals surface area contributed by atoms with Gasteiger partial charge in [0, 0.05) is 76.0 Å². The van der Waals surface area contributed by atoms with Crippen molar-refractivity contribution in [2.75, 3.05) is 32.7 Å². The van der Waals surface area contributed by atoms with E-state index in [1.165, 1.54) is 55.6 Å². The Kier molecular flexibility index (Phi) is 14.6. The van der Waals surface area contributed by atoms with Crippen molar-refractivity contribution in [2.45, 2.75) is 50.6 Å². The number of rotatable bonds is 6. The fourth-order valence-electron chi connectivity index (χ4n) is 9.04. The summed E-state index contributed by atoms with van der Waals surface area (Å²) in [7, 11) is 0. The van der Waals surface area contributed by atoms with Crippen molar-refractivity contribution in [3.05, 3.63) is 118 Å². The van der Waals surface area contributed by atoms with Crippen LogP contribution in [0.15, 0.2) is 69.4 Å². The van der Waals surface area contributed by atoms with Crippen LogP contribution >= 0.6 is 68.0 Å². The van der Waals surface area contributed by atoms with Crippen molar-refractivity contribution >= 4 is 104 Å². The number of amides is 7. The van der Waals surface area contributed by atoms with Gasteiger partial charge in [0.25, 0.3) is 23.6 Å². The highest BCUT2D eigenvalue weighted by Gasteiger charge is 2.44. The second-order valence-electron chi connectivity index (χ2n) is 18.1. The number of benzene rings is 1. The van der Waals surface area contributed by atoms with Crippen molar-refractivity contribution in [1.82, 2.24) is 66.0 Å². The van der Waals surface area contributed by atoms with Gasteiger partial charge < -0.3 is 41.7 Å². The number of nitrogens with two attached hydrogens (primary N) is 1. The molecule has 0 unspecified atom stereocenters. The Morgan fingerprint density at radius 3 is 2.18 bits per heavy atom. The van der Waals surface area contributed by atoms with E-state index in [4.69, 9.17) is 30.7 Å². The molecule has 1 aromatic carbocycles. The van der Waals surface area contributed by atoms with Gasteiger partial charge in [-0.15, -0.1) is 68.0 Å². The van der Waals surface area contributed by atoms with Crippen molar-refractivity contribution in [2.24, 2.45) is 11.7 Å². The Bertz CT molecular complexity index is 3580. The lowest BCUT2D eigenvalue weighted by atomic mass is 10.0. The maximum absolute atomic E-state index is 14.3. The molecule has 8 aromatic rings. The number of urea groups is 1. The maximum atomic E-state index is 14.3. The Morgan fingerprint density at radius 2 is 1.39 bits per heavy atom. The number of nitrogens with zero attached hydrogens (tertiary/aromatic N) is 9. The van der Waals surface area contributed by atoms with E-state index in [1.807, 2.05) is 5.38 Å². The second kappa shape index (κ2) is 21.7. The molecule has 22 nitrogen and oxygen atoms in total. The number of aliphatic hydroxyl groups excluding tert-OH is 2. The summed E-state index contributed by atoms with van der Waals surface area (Å²) in [4.78, 5) is 119. The minimum absolute atomic E-state index is 0.00637. The van der Waals surface area contributed by atoms with Crippen LogP contribution in [-0.2, 0) is 4.79 Å². The molecule has 7 aromatic heterocycles. The van der Waals surface area contributed by atoms with E-state index < -0.39 is 65.9 Å². The van der Waals surface area contributed by atoms with Crippen molar-refractivity contribution in [3.63, 3.8) is 0 Å². The van der Waals surface area contributed by atoms with Gasteiger partial charge in [-0.25, -0.2) is 39.7 Å². The third kappa shape index (κ3) is 10.5. The van der Waals surface area contributed by atoms with Gasteiger partial charge in [-0.3, -0.25) is 29.3 Å². The predicted molar refractivity (Wildman–Crippen MR) is 290 cm³/mol. The van der Waals surface area contributed by atoms with Gasteiger partial charge in [0.1, 0.15) is 82.0 Å². The molecule has 3 aliphatic heterocycles. The van der Waals surface area contributed by atoms with E-state index in [2.05, 4.69) is 31.2 Å². The molecule has 7 amide bonds. The van der Waals surface area contributed by atoms with Crippen molar-refractivity contribution < 1.29 is 39.0 Å². The first-order chi connectivity index (χ1) is 37.2. The second-order valence-corrected chi connectivity index (χ2v) is 23.7. The largest absolute Gasteiger partial charge is 0.391 e. The summed E-state index contributed by atoms with van der Waals surface area (Å²) in [5.41, 5.74) is 8.51. The molecule has 28 heteroatoms. The van der Waals surface area contributed by atoms with E-state index >= 15 is 0 Å². The number of aliphatic hydroxyl groups is 2. The van der Waals surface area contributed by atoms with Gasteiger partial charge >= 0.3 is 6.03 Å². The minimum atomic E-state index is -1.38. The number of hydrogen-bond donors (Lipinski definition) is 7. The molecule has 394 valence electrons. The Hall–Kier alpha value is -7.15. The molecular formula is C49H44N14O8S6. The van der Waals surface area contributed by atoms with Gasteiger partial charge in [0.05, 0.1) is 30.3 Å². The fourth-order valence-corrected chi connectivity index (χ4v) is 14.3. The first-order valence-corrected chi connectivity index (χ1v) is 29.1. The van der Waals surface area contributed by atoms with Gasteiger partial charge in [0.15, 0.2) is 0 Å². The molecule has 10 bridgehead atoms. The SMILES string of the molecule is Cc1sc2nc1C(=O)N[C@@H]([C@H](O)c1ccccc1)c1nc(cs1)C(=O)NC(=O)N1C[C@H](O)[C@H](C)[C@H]1c1nc(cs1)-c1nc(cs1)-c1nc(-c3nc(C(=O)N4CCNCC4)cs3)ccc1-c1nc(cs1)C(=O)N[C@H]2CC(N)=O. The lowest BCUT2D eigenvalue weighted by molar-refractivity contribution is -0.118. The highest BCUT2D eigenvalue weighted by Crippen LogP contribution is 2.42. The van der Waals surface area contributed by atoms with Crippen LogP contribution < -0.4 is 27.0 Å². The van der Waals surface area contributed by atoms with Crippen molar-refractivity contribution in [1.29, 1.82) is 0 Å². The van der Waals surface area contributed by atoms with Crippen LogP contribution in [0.25, 0.3) is 43.4 Å². The number of nitrogens with one attached hydrogen (secondary N) is 4. The molecule has 0 aliphatic carbocycles. The zero-order valence-corrected chi connectivity index (χ0v) is 45.4. The highest BCUT2D eigenvalue weighted by atomic mass is 32.1. The molecule has 3 aliphatic rings. The molecule has 6 atom stereocenters. The van der Waals surface area contributed by atoms with Crippen LogP contribution in [0.5, 0.6) is 0 Å². The summed E-state index contributed by atoms with van der Waals surface area (Å²) < 4.78 is 0. The number of thiazole rings is 6. The number of aryl methyl sites for hydroxylation is 1. The number of fused-ring (bicyclic) bond motifs is 16. The number of carbonyl (C=O) groups excluding carboxylic acids is 6. The number of carbonyl (C=O) groups is 6. The molecule has 2 fully saturated rings. The molecule has 11 rings (SSSR count). The number of hydrogen-bond acceptors (Lipinski definition) is 22. The normalized spacial score (nSPS) is 20.5. The van der Waals surface area contributed by atoms with E-state index in [-0.39, 0.29) is 46.0 Å². The van der Waals surface area contributed by atoms with Crippen LogP contribution in [0.1, 0.15) is 105 Å². The lowest BCUT2D eigenvalue weighted by Crippen LogP contribution is -2.46. The molecule has 10 heterocycles. The Morgan fingerprint density at radius 1 is 0.714 bits per heavy atom. The standard InChI is InChI=1S/C49H44N14O8S6/c1-21-32(64)15-63-37(21)47-57-30(19-76-47)44-54-27(16-73-44)35-24(8-9-25(52-35)43-58-31(20-74-43)48(70)62-12-10-51-11-13-62)42-55-28(17-72-42)39(67)53-26(14-33(50)65)45-60-34(22(2)77-45)41(69)59-36(38(66)23-6-4-3-5-7-23)46-56-29(18-75-46)40(68)61-49(63)71/h3-9,16-21,26,32,36-38,51,64,66H,10-15H2,1-2H3,(H2,50,65)(H,53,67)(H,59,69)(H,61,68,71)/t21-,26-,32-,36-,37-,38+/m0/s1. The van der Waals surface area contributed by atoms with Crippen LogP contribution in [0.3, 0.4) is 0 Å². The van der Waals surface area contributed by atoms with E-state index in [0.29, 0.717) is 90.7 Å². The number of pyridine rings is 1. The van der Waals surface area contributed by atoms with E-state index in [9.17, 15) is 39.0 Å². The quantitative estimate of drug-likeness (QED) is 0.106. The smallest absolute Gasteiger partial charge is 0.325 e. The fraction of sp³-hybridized carbons (Fsp3) is 0.286. The zero-order valence-electron chi connectivity index (χ0n) is 40.5.